The molecule has 1 aliphatic rings. The van der Waals surface area contributed by atoms with E-state index in [-0.39, 0.29) is 24.3 Å². The van der Waals surface area contributed by atoms with Crippen LogP contribution in [0.1, 0.15) is 188 Å². The van der Waals surface area contributed by atoms with Crippen LogP contribution in [-0.4, -0.2) is 68.7 Å². The van der Waals surface area contributed by atoms with Crippen molar-refractivity contribution in [3.8, 4) is 0 Å². The minimum Gasteiger partial charge on any atom is -0.461 e. The number of hydrogen-bond donors (Lipinski definition) is 0. The van der Waals surface area contributed by atoms with E-state index in [4.69, 9.17) is 18.9 Å². The van der Waals surface area contributed by atoms with Crippen molar-refractivity contribution in [1.82, 2.24) is 4.90 Å². The van der Waals surface area contributed by atoms with Gasteiger partial charge in [-0.05, 0) is 84.2 Å². The van der Waals surface area contributed by atoms with Crippen molar-refractivity contribution in [3.63, 3.8) is 0 Å². The van der Waals surface area contributed by atoms with E-state index >= 15 is 0 Å². The maximum absolute atomic E-state index is 12.0. The van der Waals surface area contributed by atoms with Gasteiger partial charge in [-0.15, -0.1) is 0 Å². The van der Waals surface area contributed by atoms with Crippen LogP contribution >= 0.6 is 0 Å². The van der Waals surface area contributed by atoms with Gasteiger partial charge >= 0.3 is 11.9 Å². The largest absolute Gasteiger partial charge is 0.461 e. The summed E-state index contributed by atoms with van der Waals surface area (Å²) in [4.78, 5) is 26.6. The second kappa shape index (κ2) is 35.7. The predicted molar refractivity (Wildman–Crippen MR) is 208 cm³/mol. The number of esters is 2. The van der Waals surface area contributed by atoms with Crippen molar-refractivity contribution in [3.05, 3.63) is 24.3 Å². The molecule has 1 fully saturated rings. The van der Waals surface area contributed by atoms with E-state index in [1.54, 1.807) is 0 Å². The first-order chi connectivity index (χ1) is 24.5. The first kappa shape index (κ1) is 46.3. The molecule has 7 heteroatoms. The molecular weight excluding hydrogens is 626 g/mol. The third-order valence-corrected chi connectivity index (χ3v) is 9.62. The van der Waals surface area contributed by atoms with E-state index in [1.807, 2.05) is 19.1 Å². The summed E-state index contributed by atoms with van der Waals surface area (Å²) >= 11 is 0. The summed E-state index contributed by atoms with van der Waals surface area (Å²) < 4.78 is 23.2. The van der Waals surface area contributed by atoms with Crippen LogP contribution < -0.4 is 0 Å². The third-order valence-electron chi connectivity index (χ3n) is 9.62. The van der Waals surface area contributed by atoms with Crippen molar-refractivity contribution in [1.29, 1.82) is 0 Å². The maximum atomic E-state index is 12.0. The molecule has 1 saturated heterocycles. The number of hydrogen-bond acceptors (Lipinski definition) is 7. The molecule has 0 aromatic rings. The molecule has 1 atom stereocenters. The second-order valence-corrected chi connectivity index (χ2v) is 14.4. The first-order valence-electron chi connectivity index (χ1n) is 21.2. The van der Waals surface area contributed by atoms with Crippen LogP contribution in [-0.2, 0) is 28.5 Å². The van der Waals surface area contributed by atoms with Gasteiger partial charge in [-0.2, -0.15) is 0 Å². The lowest BCUT2D eigenvalue weighted by molar-refractivity contribution is -0.165. The summed E-state index contributed by atoms with van der Waals surface area (Å²) in [5.74, 6) is -0.159. The molecule has 0 saturated carbocycles. The number of nitrogens with zero attached hydrogens (tertiary/aromatic N) is 1. The predicted octanol–water partition coefficient (Wildman–Crippen LogP) is 11.4. The lowest BCUT2D eigenvalue weighted by Gasteiger charge is -2.24. The van der Waals surface area contributed by atoms with Gasteiger partial charge in [0.1, 0.15) is 13.2 Å². The number of unbranched alkanes of at least 4 members (excludes halogenated alkanes) is 16. The van der Waals surface area contributed by atoms with Crippen molar-refractivity contribution in [2.45, 2.75) is 200 Å². The first-order valence-corrected chi connectivity index (χ1v) is 21.2. The highest BCUT2D eigenvalue weighted by atomic mass is 16.7. The zero-order valence-corrected chi connectivity index (χ0v) is 33.0. The van der Waals surface area contributed by atoms with E-state index < -0.39 is 0 Å². The number of carbonyl (C=O) groups excluding carboxylic acids is 2. The highest BCUT2D eigenvalue weighted by Crippen LogP contribution is 2.19. The minimum absolute atomic E-state index is 0.0797. The van der Waals surface area contributed by atoms with Crippen molar-refractivity contribution in [2.24, 2.45) is 0 Å². The topological polar surface area (TPSA) is 74.3 Å². The van der Waals surface area contributed by atoms with Crippen LogP contribution in [0.4, 0.5) is 0 Å². The number of rotatable bonds is 36. The number of carbonyl (C=O) groups is 2. The molecule has 0 aromatic carbocycles. The standard InChI is InChI=1S/C43H79NO6/c1-4-6-8-10-12-20-28-37-48-42(45)32-24-18-14-16-22-30-41(50-40(3)47-39-36-44-34-26-27-35-44)31-23-17-15-19-25-33-43(46)49-38-29-21-13-11-9-7-5-2/h20-21,28-29,40-41H,4-19,22-27,30-39H2,1-3H3. The van der Waals surface area contributed by atoms with E-state index in [2.05, 4.69) is 30.9 Å². The Bertz CT molecular complexity index is 772. The highest BCUT2D eigenvalue weighted by molar-refractivity contribution is 5.69. The fourth-order valence-electron chi connectivity index (χ4n) is 6.46. The molecule has 0 radical (unpaired) electrons. The van der Waals surface area contributed by atoms with Gasteiger partial charge in [0.25, 0.3) is 0 Å². The number of likely N-dealkylation sites (tertiary alicyclic amines) is 1. The van der Waals surface area contributed by atoms with Gasteiger partial charge in [-0.1, -0.05) is 128 Å². The Balaban J connectivity index is 2.19. The average molecular weight is 706 g/mol. The summed E-state index contributed by atoms with van der Waals surface area (Å²) in [7, 11) is 0. The molecular formula is C43H79NO6. The average Bonchev–Trinajstić information content (AvgIpc) is 3.63. The van der Waals surface area contributed by atoms with E-state index in [9.17, 15) is 9.59 Å². The van der Waals surface area contributed by atoms with Crippen molar-refractivity contribution >= 4 is 11.9 Å². The van der Waals surface area contributed by atoms with Gasteiger partial charge < -0.3 is 23.8 Å². The lowest BCUT2D eigenvalue weighted by Crippen LogP contribution is -2.28. The van der Waals surface area contributed by atoms with Crippen LogP contribution in [0.2, 0.25) is 0 Å². The van der Waals surface area contributed by atoms with Gasteiger partial charge in [-0.3, -0.25) is 9.59 Å². The van der Waals surface area contributed by atoms with Crippen LogP contribution in [0.15, 0.2) is 24.3 Å². The highest BCUT2D eigenvalue weighted by Gasteiger charge is 2.16. The fraction of sp³-hybridized carbons (Fsp3) is 0.860. The maximum Gasteiger partial charge on any atom is 0.306 e. The van der Waals surface area contributed by atoms with Crippen LogP contribution in [0.25, 0.3) is 0 Å². The molecule has 292 valence electrons. The molecule has 1 aliphatic heterocycles. The normalized spacial score (nSPS) is 14.9. The Hall–Kier alpha value is -1.70. The second-order valence-electron chi connectivity index (χ2n) is 14.4. The lowest BCUT2D eigenvalue weighted by atomic mass is 10.0. The van der Waals surface area contributed by atoms with E-state index in [1.165, 1.54) is 77.3 Å². The summed E-state index contributed by atoms with van der Waals surface area (Å²) in [5.41, 5.74) is 0. The smallest absolute Gasteiger partial charge is 0.306 e. The fourth-order valence-corrected chi connectivity index (χ4v) is 6.46. The summed E-state index contributed by atoms with van der Waals surface area (Å²) in [6, 6.07) is 0. The molecule has 0 amide bonds. The molecule has 0 spiro atoms. The SMILES string of the molecule is CCCCCCC=CCOC(=O)CCCCCCCC(CCCCCCCC(=O)OCC=CCCCCCC)OC(C)OCCN1CCCC1. The van der Waals surface area contributed by atoms with Gasteiger partial charge in [0, 0.05) is 19.4 Å². The van der Waals surface area contributed by atoms with Gasteiger partial charge in [0.05, 0.1) is 12.7 Å². The molecule has 0 N–H and O–H groups in total. The Kier molecular flexibility index (Phi) is 33.1. The van der Waals surface area contributed by atoms with E-state index in [0.717, 1.165) is 103 Å². The molecule has 1 rings (SSSR count). The van der Waals surface area contributed by atoms with Crippen LogP contribution in [0.3, 0.4) is 0 Å². The monoisotopic (exact) mass is 706 g/mol. The number of ether oxygens (including phenoxy) is 4. The summed E-state index contributed by atoms with van der Waals surface area (Å²) in [6.45, 7) is 11.4. The molecule has 50 heavy (non-hydrogen) atoms. The zero-order valence-electron chi connectivity index (χ0n) is 33.0. The molecule has 0 aliphatic carbocycles. The molecule has 7 nitrogen and oxygen atoms in total. The molecule has 0 bridgehead atoms. The van der Waals surface area contributed by atoms with Crippen molar-refractivity contribution < 1.29 is 28.5 Å². The van der Waals surface area contributed by atoms with Gasteiger partial charge in [-0.25, -0.2) is 0 Å². The zero-order chi connectivity index (χ0) is 36.2. The van der Waals surface area contributed by atoms with Gasteiger partial charge in [0.15, 0.2) is 6.29 Å². The molecule has 1 heterocycles. The van der Waals surface area contributed by atoms with E-state index in [0.29, 0.717) is 26.1 Å². The Labute approximate surface area is 308 Å². The minimum atomic E-state index is -0.188. The van der Waals surface area contributed by atoms with Crippen LogP contribution in [0.5, 0.6) is 0 Å². The summed E-state index contributed by atoms with van der Waals surface area (Å²) in [5, 5.41) is 0. The quantitative estimate of drug-likeness (QED) is 0.0278. The third kappa shape index (κ3) is 31.1. The molecule has 0 aromatic heterocycles. The Morgan fingerprint density at radius 1 is 0.600 bits per heavy atom. The summed E-state index contributed by atoms with van der Waals surface area (Å²) in [6.07, 6.45) is 37.0. The Morgan fingerprint density at radius 3 is 1.56 bits per heavy atom. The van der Waals surface area contributed by atoms with Crippen molar-refractivity contribution in [2.75, 3.05) is 39.5 Å². The van der Waals surface area contributed by atoms with Gasteiger partial charge in [0.2, 0.25) is 0 Å². The van der Waals surface area contributed by atoms with Crippen LogP contribution in [0, 0.1) is 0 Å². The number of allylic oxidation sites excluding steroid dienone is 2. The Morgan fingerprint density at radius 2 is 1.06 bits per heavy atom. The molecule has 1 unspecified atom stereocenters.